The number of rotatable bonds is 20. The average Bonchev–Trinajstić information content (AvgIpc) is 3.02. The maximum Gasteiger partial charge on any atom is 0.343 e. The number of nitro groups is 1. The van der Waals surface area contributed by atoms with Gasteiger partial charge in [-0.15, -0.1) is 0 Å². The minimum Gasteiger partial charge on any atom is -0.494 e. The summed E-state index contributed by atoms with van der Waals surface area (Å²) in [4.78, 5) is 34.8. The van der Waals surface area contributed by atoms with Gasteiger partial charge in [-0.25, -0.2) is 9.59 Å². The predicted octanol–water partition coefficient (Wildman–Crippen LogP) is 8.80. The molecule has 9 nitrogen and oxygen atoms in total. The van der Waals surface area contributed by atoms with Gasteiger partial charge in [-0.2, -0.15) is 0 Å². The summed E-state index contributed by atoms with van der Waals surface area (Å²) >= 11 is 0. The molecule has 0 saturated carbocycles. The van der Waals surface area contributed by atoms with Gasteiger partial charge in [0.15, 0.2) is 0 Å². The van der Waals surface area contributed by atoms with Gasteiger partial charge in [0.05, 0.1) is 23.7 Å². The Labute approximate surface area is 258 Å². The van der Waals surface area contributed by atoms with Crippen LogP contribution < -0.4 is 14.2 Å². The number of nitrogens with zero attached hydrogens (tertiary/aromatic N) is 1. The fourth-order valence-electron chi connectivity index (χ4n) is 4.50. The molecular formula is C35H41NO8. The highest BCUT2D eigenvalue weighted by atomic mass is 16.6. The number of aliphatic carboxylic acids is 1. The van der Waals surface area contributed by atoms with Crippen molar-refractivity contribution in [3.8, 4) is 28.4 Å². The molecule has 0 aliphatic rings. The Morgan fingerprint density at radius 3 is 1.91 bits per heavy atom. The van der Waals surface area contributed by atoms with Crippen molar-refractivity contribution < 1.29 is 33.8 Å². The van der Waals surface area contributed by atoms with Crippen LogP contribution in [0.15, 0.2) is 78.9 Å². The first-order valence-electron chi connectivity index (χ1n) is 15.2. The van der Waals surface area contributed by atoms with Crippen molar-refractivity contribution in [2.45, 2.75) is 71.1 Å². The van der Waals surface area contributed by atoms with Crippen molar-refractivity contribution in [1.29, 1.82) is 0 Å². The van der Waals surface area contributed by atoms with Crippen molar-refractivity contribution in [2.75, 3.05) is 13.2 Å². The van der Waals surface area contributed by atoms with E-state index in [9.17, 15) is 19.7 Å². The zero-order valence-corrected chi connectivity index (χ0v) is 25.3. The number of nitro benzene ring substituents is 1. The number of carboxylic acids is 1. The van der Waals surface area contributed by atoms with Gasteiger partial charge in [-0.3, -0.25) is 10.1 Å². The number of carboxylic acid groups (broad SMARTS) is 1. The molecule has 0 aliphatic heterocycles. The fraction of sp³-hybridized carbons (Fsp3) is 0.371. The average molecular weight is 604 g/mol. The van der Waals surface area contributed by atoms with E-state index in [1.165, 1.54) is 12.1 Å². The molecule has 0 radical (unpaired) electrons. The molecule has 3 aromatic carbocycles. The summed E-state index contributed by atoms with van der Waals surface area (Å²) in [6.07, 6.45) is 9.50. The Balaban J connectivity index is 1.46. The molecule has 0 aromatic heterocycles. The summed E-state index contributed by atoms with van der Waals surface area (Å²) < 4.78 is 16.9. The number of carbonyl (C=O) groups is 2. The van der Waals surface area contributed by atoms with E-state index in [0.29, 0.717) is 30.9 Å². The molecule has 0 atom stereocenters. The van der Waals surface area contributed by atoms with E-state index in [4.69, 9.17) is 19.3 Å². The Morgan fingerprint density at radius 2 is 1.32 bits per heavy atom. The Bertz CT molecular complexity index is 1380. The minimum absolute atomic E-state index is 0.133. The lowest BCUT2D eigenvalue weighted by Crippen LogP contribution is -2.10. The van der Waals surface area contributed by atoms with Gasteiger partial charge in [-0.1, -0.05) is 70.2 Å². The summed E-state index contributed by atoms with van der Waals surface area (Å²) in [5.41, 5.74) is 1.60. The standard InChI is InChI=1S/C35H41NO8/c1-3-4-10-23-42-30-18-13-27(14-19-30)29-17-22-33(32(25-29)36(40)41)44-35(39)28-15-20-31(21-16-28)43-24-11-8-6-5-7-9-12-26(2)34(37)38/h13-22,25H,2-12,23-24H2,1H3,(H,37,38). The van der Waals surface area contributed by atoms with Crippen LogP contribution in [0.4, 0.5) is 5.69 Å². The summed E-state index contributed by atoms with van der Waals surface area (Å²) in [5, 5.41) is 20.6. The van der Waals surface area contributed by atoms with Crippen LogP contribution >= 0.6 is 0 Å². The van der Waals surface area contributed by atoms with Gasteiger partial charge in [0.25, 0.3) is 0 Å². The van der Waals surface area contributed by atoms with Gasteiger partial charge in [0, 0.05) is 11.6 Å². The summed E-state index contributed by atoms with van der Waals surface area (Å²) in [6.45, 7) is 6.86. The lowest BCUT2D eigenvalue weighted by molar-refractivity contribution is -0.385. The van der Waals surface area contributed by atoms with E-state index in [-0.39, 0.29) is 22.6 Å². The van der Waals surface area contributed by atoms with Crippen LogP contribution in [0.2, 0.25) is 0 Å². The molecule has 44 heavy (non-hydrogen) atoms. The van der Waals surface area contributed by atoms with Gasteiger partial charge < -0.3 is 19.3 Å². The van der Waals surface area contributed by atoms with Crippen LogP contribution in [0, 0.1) is 10.1 Å². The maximum absolute atomic E-state index is 12.8. The lowest BCUT2D eigenvalue weighted by Gasteiger charge is -2.10. The largest absolute Gasteiger partial charge is 0.494 e. The second-order valence-electron chi connectivity index (χ2n) is 10.6. The zero-order valence-electron chi connectivity index (χ0n) is 25.3. The van der Waals surface area contributed by atoms with E-state index in [0.717, 1.165) is 69.1 Å². The van der Waals surface area contributed by atoms with Crippen molar-refractivity contribution in [3.05, 3.63) is 94.6 Å². The van der Waals surface area contributed by atoms with Crippen LogP contribution in [-0.4, -0.2) is 35.2 Å². The Hall–Kier alpha value is -4.66. The van der Waals surface area contributed by atoms with E-state index in [2.05, 4.69) is 13.5 Å². The number of esters is 1. The summed E-state index contributed by atoms with van der Waals surface area (Å²) in [7, 11) is 0. The van der Waals surface area contributed by atoms with Crippen molar-refractivity contribution >= 4 is 17.6 Å². The number of hydrogen-bond donors (Lipinski definition) is 1. The molecule has 3 aromatic rings. The Morgan fingerprint density at radius 1 is 0.773 bits per heavy atom. The van der Waals surface area contributed by atoms with Gasteiger partial charge in [-0.05, 0) is 79.3 Å². The molecule has 0 unspecified atom stereocenters. The van der Waals surface area contributed by atoms with Crippen LogP contribution in [0.5, 0.6) is 17.2 Å². The number of hydrogen-bond acceptors (Lipinski definition) is 7. The second kappa shape index (κ2) is 18.1. The SMILES string of the molecule is C=C(CCCCCCCCOc1ccc(C(=O)Oc2ccc(-c3ccc(OCCCCC)cc3)cc2[N+](=O)[O-])cc1)C(=O)O. The molecular weight excluding hydrogens is 562 g/mol. The first-order chi connectivity index (χ1) is 21.3. The van der Waals surface area contributed by atoms with Crippen LogP contribution in [-0.2, 0) is 4.79 Å². The second-order valence-corrected chi connectivity index (χ2v) is 10.6. The third-order valence-corrected chi connectivity index (χ3v) is 7.10. The molecule has 0 bridgehead atoms. The summed E-state index contributed by atoms with van der Waals surface area (Å²) in [6, 6.07) is 18.3. The van der Waals surface area contributed by atoms with E-state index < -0.39 is 16.9 Å². The molecule has 9 heteroatoms. The molecule has 0 amide bonds. The molecule has 0 fully saturated rings. The predicted molar refractivity (Wildman–Crippen MR) is 170 cm³/mol. The topological polar surface area (TPSA) is 125 Å². The van der Waals surface area contributed by atoms with Crippen LogP contribution in [0.25, 0.3) is 11.1 Å². The van der Waals surface area contributed by atoms with Crippen molar-refractivity contribution in [3.63, 3.8) is 0 Å². The third-order valence-electron chi connectivity index (χ3n) is 7.10. The molecule has 1 N–H and O–H groups in total. The van der Waals surface area contributed by atoms with Gasteiger partial charge in [0.2, 0.25) is 5.75 Å². The highest BCUT2D eigenvalue weighted by Crippen LogP contribution is 2.33. The first kappa shape index (κ1) is 33.8. The lowest BCUT2D eigenvalue weighted by atomic mass is 10.0. The Kier molecular flexibility index (Phi) is 13.9. The van der Waals surface area contributed by atoms with E-state index in [1.54, 1.807) is 30.3 Å². The maximum atomic E-state index is 12.8. The molecule has 0 saturated heterocycles. The van der Waals surface area contributed by atoms with Crippen molar-refractivity contribution in [1.82, 2.24) is 0 Å². The highest BCUT2D eigenvalue weighted by Gasteiger charge is 2.20. The number of benzene rings is 3. The quantitative estimate of drug-likeness (QED) is 0.0339. The molecule has 234 valence electrons. The van der Waals surface area contributed by atoms with Gasteiger partial charge in [0.1, 0.15) is 11.5 Å². The number of unbranched alkanes of at least 4 members (excludes halogenated alkanes) is 7. The van der Waals surface area contributed by atoms with E-state index >= 15 is 0 Å². The monoisotopic (exact) mass is 603 g/mol. The first-order valence-corrected chi connectivity index (χ1v) is 15.2. The molecule has 3 rings (SSSR count). The molecule has 0 aliphatic carbocycles. The third kappa shape index (κ3) is 11.2. The fourth-order valence-corrected chi connectivity index (χ4v) is 4.50. The van der Waals surface area contributed by atoms with Crippen LogP contribution in [0.3, 0.4) is 0 Å². The molecule has 0 heterocycles. The highest BCUT2D eigenvalue weighted by molar-refractivity contribution is 5.92. The smallest absolute Gasteiger partial charge is 0.343 e. The zero-order chi connectivity index (χ0) is 31.7. The van der Waals surface area contributed by atoms with Crippen molar-refractivity contribution in [2.24, 2.45) is 0 Å². The number of carbonyl (C=O) groups excluding carboxylic acids is 1. The number of ether oxygens (including phenoxy) is 3. The summed E-state index contributed by atoms with van der Waals surface area (Å²) in [5.74, 6) is -0.410. The molecule has 0 spiro atoms. The van der Waals surface area contributed by atoms with E-state index in [1.807, 2.05) is 24.3 Å². The minimum atomic E-state index is -0.928. The van der Waals surface area contributed by atoms with Gasteiger partial charge >= 0.3 is 17.6 Å². The normalized spacial score (nSPS) is 10.7. The van der Waals surface area contributed by atoms with Crippen LogP contribution in [0.1, 0.15) is 81.5 Å².